The Hall–Kier alpha value is -0.450. The summed E-state index contributed by atoms with van der Waals surface area (Å²) >= 11 is 1.76. The number of nitrogens with one attached hydrogen (secondary N) is 1. The van der Waals surface area contributed by atoms with E-state index in [1.165, 1.54) is 43.1 Å². The average Bonchev–Trinajstić information content (AvgIpc) is 3.05. The molecule has 1 aliphatic heterocycles. The fraction of sp³-hybridized carbons (Fsp3) is 0.812. The highest BCUT2D eigenvalue weighted by molar-refractivity contribution is 7.09. The van der Waals surface area contributed by atoms with Crippen LogP contribution in [0.3, 0.4) is 0 Å². The van der Waals surface area contributed by atoms with Gasteiger partial charge in [0.1, 0.15) is 0 Å². The van der Waals surface area contributed by atoms with Crippen LogP contribution in [0.4, 0.5) is 0 Å². The highest BCUT2D eigenvalue weighted by Gasteiger charge is 2.36. The SMILES string of the molecule is CCCNC(Cc1csc(C)n1)C(C)(C)N1CCCC1. The summed E-state index contributed by atoms with van der Waals surface area (Å²) in [4.78, 5) is 7.31. The molecule has 20 heavy (non-hydrogen) atoms. The predicted octanol–water partition coefficient (Wildman–Crippen LogP) is 3.24. The van der Waals surface area contributed by atoms with Gasteiger partial charge in [-0.3, -0.25) is 4.90 Å². The van der Waals surface area contributed by atoms with Crippen LogP contribution in [-0.2, 0) is 6.42 Å². The summed E-state index contributed by atoms with van der Waals surface area (Å²) in [7, 11) is 0. The molecule has 2 rings (SSSR count). The van der Waals surface area contributed by atoms with E-state index in [9.17, 15) is 0 Å². The normalized spacial score (nSPS) is 18.6. The average molecular weight is 295 g/mol. The second-order valence-corrected chi connectivity index (χ2v) is 7.48. The molecular formula is C16H29N3S. The number of hydrogen-bond acceptors (Lipinski definition) is 4. The van der Waals surface area contributed by atoms with Crippen LogP contribution in [0.5, 0.6) is 0 Å². The molecule has 3 nitrogen and oxygen atoms in total. The summed E-state index contributed by atoms with van der Waals surface area (Å²) in [5.41, 5.74) is 1.44. The van der Waals surface area contributed by atoms with E-state index in [2.05, 4.69) is 48.3 Å². The first-order valence-electron chi connectivity index (χ1n) is 7.93. The quantitative estimate of drug-likeness (QED) is 0.837. The highest BCUT2D eigenvalue weighted by Crippen LogP contribution is 2.26. The maximum absolute atomic E-state index is 4.66. The van der Waals surface area contributed by atoms with Crippen molar-refractivity contribution in [3.63, 3.8) is 0 Å². The first-order valence-corrected chi connectivity index (χ1v) is 8.81. The Balaban J connectivity index is 2.08. The number of aromatic nitrogens is 1. The summed E-state index contributed by atoms with van der Waals surface area (Å²) in [6, 6.07) is 0.474. The lowest BCUT2D eigenvalue weighted by atomic mass is 9.89. The molecule has 114 valence electrons. The van der Waals surface area contributed by atoms with Gasteiger partial charge >= 0.3 is 0 Å². The van der Waals surface area contributed by atoms with E-state index in [0.717, 1.165) is 13.0 Å². The van der Waals surface area contributed by atoms with E-state index in [4.69, 9.17) is 0 Å². The summed E-state index contributed by atoms with van der Waals surface area (Å²) < 4.78 is 0. The maximum atomic E-state index is 4.66. The summed E-state index contributed by atoms with van der Waals surface area (Å²) in [6.07, 6.45) is 4.91. The molecule has 0 radical (unpaired) electrons. The van der Waals surface area contributed by atoms with E-state index >= 15 is 0 Å². The predicted molar refractivity (Wildman–Crippen MR) is 87.5 cm³/mol. The van der Waals surface area contributed by atoms with Gasteiger partial charge in [0.15, 0.2) is 0 Å². The van der Waals surface area contributed by atoms with Gasteiger partial charge in [-0.2, -0.15) is 0 Å². The fourth-order valence-corrected chi connectivity index (χ4v) is 3.74. The molecule has 0 amide bonds. The van der Waals surface area contributed by atoms with Crippen molar-refractivity contribution in [1.29, 1.82) is 0 Å². The van der Waals surface area contributed by atoms with Gasteiger partial charge in [-0.15, -0.1) is 11.3 Å². The molecule has 0 spiro atoms. The van der Waals surface area contributed by atoms with Crippen molar-refractivity contribution in [2.45, 2.75) is 65.0 Å². The molecular weight excluding hydrogens is 266 g/mol. The Morgan fingerprint density at radius 1 is 1.40 bits per heavy atom. The van der Waals surface area contributed by atoms with Gasteiger partial charge in [0.25, 0.3) is 0 Å². The van der Waals surface area contributed by atoms with Crippen LogP contribution in [-0.4, -0.2) is 41.1 Å². The van der Waals surface area contributed by atoms with Crippen LogP contribution in [0.2, 0.25) is 0 Å². The van der Waals surface area contributed by atoms with Crippen molar-refractivity contribution in [3.8, 4) is 0 Å². The summed E-state index contributed by atoms with van der Waals surface area (Å²) in [5, 5.41) is 7.16. The molecule has 1 fully saturated rings. The largest absolute Gasteiger partial charge is 0.312 e. The van der Waals surface area contributed by atoms with Gasteiger partial charge in [0, 0.05) is 23.4 Å². The van der Waals surface area contributed by atoms with Crippen LogP contribution in [0.15, 0.2) is 5.38 Å². The monoisotopic (exact) mass is 295 g/mol. The number of likely N-dealkylation sites (tertiary alicyclic amines) is 1. The molecule has 2 heterocycles. The number of aryl methyl sites for hydroxylation is 1. The van der Waals surface area contributed by atoms with Gasteiger partial charge in [-0.05, 0) is 59.7 Å². The van der Waals surface area contributed by atoms with Crippen molar-refractivity contribution in [1.82, 2.24) is 15.2 Å². The fourth-order valence-electron chi connectivity index (χ4n) is 3.12. The topological polar surface area (TPSA) is 28.2 Å². The second-order valence-electron chi connectivity index (χ2n) is 6.42. The van der Waals surface area contributed by atoms with Gasteiger partial charge < -0.3 is 5.32 Å². The van der Waals surface area contributed by atoms with Crippen LogP contribution >= 0.6 is 11.3 Å². The summed E-state index contributed by atoms with van der Waals surface area (Å²) in [6.45, 7) is 12.7. The zero-order chi connectivity index (χ0) is 14.6. The molecule has 1 atom stereocenters. The lowest BCUT2D eigenvalue weighted by Gasteiger charge is -2.42. The third-order valence-corrected chi connectivity index (χ3v) is 5.32. The molecule has 1 N–H and O–H groups in total. The first kappa shape index (κ1) is 15.9. The van der Waals surface area contributed by atoms with E-state index in [1.54, 1.807) is 11.3 Å². The number of thiazole rings is 1. The summed E-state index contributed by atoms with van der Waals surface area (Å²) in [5.74, 6) is 0. The zero-order valence-corrected chi connectivity index (χ0v) is 14.2. The van der Waals surface area contributed by atoms with Crippen molar-refractivity contribution in [3.05, 3.63) is 16.1 Å². The Bertz CT molecular complexity index is 408. The number of rotatable bonds is 7. The van der Waals surface area contributed by atoms with Gasteiger partial charge in [-0.1, -0.05) is 6.92 Å². The van der Waals surface area contributed by atoms with Crippen molar-refractivity contribution >= 4 is 11.3 Å². The van der Waals surface area contributed by atoms with Crippen LogP contribution in [0, 0.1) is 6.92 Å². The third kappa shape index (κ3) is 3.80. The lowest BCUT2D eigenvalue weighted by molar-refractivity contribution is 0.106. The molecule has 1 aromatic rings. The molecule has 0 saturated carbocycles. The standard InChI is InChI=1S/C16H29N3S/c1-5-8-17-15(11-14-12-20-13(2)18-14)16(3,4)19-9-6-7-10-19/h12,15,17H,5-11H2,1-4H3. The van der Waals surface area contributed by atoms with E-state index in [-0.39, 0.29) is 5.54 Å². The number of hydrogen-bond donors (Lipinski definition) is 1. The van der Waals surface area contributed by atoms with Crippen LogP contribution in [0.25, 0.3) is 0 Å². The lowest BCUT2D eigenvalue weighted by Crippen LogP contribution is -2.58. The minimum Gasteiger partial charge on any atom is -0.312 e. The molecule has 1 aromatic heterocycles. The van der Waals surface area contributed by atoms with Gasteiger partial charge in [0.2, 0.25) is 0 Å². The zero-order valence-electron chi connectivity index (χ0n) is 13.4. The minimum atomic E-state index is 0.198. The van der Waals surface area contributed by atoms with Crippen LogP contribution < -0.4 is 5.32 Å². The molecule has 1 saturated heterocycles. The molecule has 0 aromatic carbocycles. The number of nitrogens with zero attached hydrogens (tertiary/aromatic N) is 2. The minimum absolute atomic E-state index is 0.198. The highest BCUT2D eigenvalue weighted by atomic mass is 32.1. The van der Waals surface area contributed by atoms with Crippen LogP contribution in [0.1, 0.15) is 50.7 Å². The molecule has 0 bridgehead atoms. The first-order chi connectivity index (χ1) is 9.54. The van der Waals surface area contributed by atoms with Crippen molar-refractivity contribution < 1.29 is 0 Å². The second kappa shape index (κ2) is 7.01. The van der Waals surface area contributed by atoms with Gasteiger partial charge in [-0.25, -0.2) is 4.98 Å². The smallest absolute Gasteiger partial charge is 0.0897 e. The maximum Gasteiger partial charge on any atom is 0.0897 e. The Morgan fingerprint density at radius 3 is 2.65 bits per heavy atom. The Morgan fingerprint density at radius 2 is 2.10 bits per heavy atom. The molecule has 0 aliphatic carbocycles. The molecule has 4 heteroatoms. The Kier molecular flexibility index (Phi) is 5.58. The Labute approximate surface area is 127 Å². The van der Waals surface area contributed by atoms with Crippen molar-refractivity contribution in [2.24, 2.45) is 0 Å². The van der Waals surface area contributed by atoms with E-state index in [0.29, 0.717) is 6.04 Å². The van der Waals surface area contributed by atoms with E-state index in [1.807, 2.05) is 0 Å². The van der Waals surface area contributed by atoms with Crippen molar-refractivity contribution in [2.75, 3.05) is 19.6 Å². The molecule has 1 unspecified atom stereocenters. The van der Waals surface area contributed by atoms with Gasteiger partial charge in [0.05, 0.1) is 10.7 Å². The third-order valence-electron chi connectivity index (χ3n) is 4.49. The van der Waals surface area contributed by atoms with E-state index < -0.39 is 0 Å². The molecule has 1 aliphatic rings.